The summed E-state index contributed by atoms with van der Waals surface area (Å²) in [4.78, 5) is 0. The molecule has 0 radical (unpaired) electrons. The third-order valence-electron chi connectivity index (χ3n) is 1.88. The highest BCUT2D eigenvalue weighted by molar-refractivity contribution is 5.93. The first-order valence-electron chi connectivity index (χ1n) is 4.71. The molecule has 0 unspecified atom stereocenters. The number of nitrogens with one attached hydrogen (secondary N) is 1. The number of aromatic nitrogens is 2. The second-order valence-electron chi connectivity index (χ2n) is 3.90. The molecule has 0 spiro atoms. The maximum Gasteiger partial charge on any atom is 0.435 e. The smallest absolute Gasteiger partial charge is 0.382 e. The Morgan fingerprint density at radius 3 is 2.50 bits per heavy atom. The number of nitrogens with zero attached hydrogens (tertiary/aromatic N) is 2. The summed E-state index contributed by atoms with van der Waals surface area (Å²) in [5.41, 5.74) is 4.19. The minimum absolute atomic E-state index is 0.000949. The molecule has 90 valence electrons. The van der Waals surface area contributed by atoms with E-state index in [2.05, 4.69) is 5.10 Å². The number of hydrogen-bond donors (Lipinski definition) is 2. The highest BCUT2D eigenvalue weighted by atomic mass is 19.4. The lowest BCUT2D eigenvalue weighted by atomic mass is 10.2. The van der Waals surface area contributed by atoms with Crippen LogP contribution in [-0.4, -0.2) is 15.6 Å². The Bertz CT molecular complexity index is 392. The van der Waals surface area contributed by atoms with Gasteiger partial charge in [-0.25, -0.2) is 0 Å². The zero-order valence-electron chi connectivity index (χ0n) is 8.97. The van der Waals surface area contributed by atoms with Crippen LogP contribution in [0.3, 0.4) is 0 Å². The molecule has 1 aromatic rings. The molecule has 4 nitrogen and oxygen atoms in total. The predicted molar refractivity (Wildman–Crippen MR) is 53.1 cm³/mol. The van der Waals surface area contributed by atoms with Gasteiger partial charge < -0.3 is 5.73 Å². The summed E-state index contributed by atoms with van der Waals surface area (Å²) in [5, 5.41) is 10.6. The van der Waals surface area contributed by atoms with Crippen molar-refractivity contribution in [3.8, 4) is 0 Å². The third kappa shape index (κ3) is 2.74. The van der Waals surface area contributed by atoms with Gasteiger partial charge in [-0.3, -0.25) is 10.1 Å². The topological polar surface area (TPSA) is 67.7 Å². The Kier molecular flexibility index (Phi) is 3.25. The summed E-state index contributed by atoms with van der Waals surface area (Å²) >= 11 is 0. The Labute approximate surface area is 90.8 Å². The van der Waals surface area contributed by atoms with Crippen LogP contribution in [0.4, 0.5) is 13.2 Å². The van der Waals surface area contributed by atoms with Gasteiger partial charge in [-0.15, -0.1) is 0 Å². The first-order chi connectivity index (χ1) is 7.21. The Morgan fingerprint density at radius 1 is 1.56 bits per heavy atom. The van der Waals surface area contributed by atoms with Crippen LogP contribution in [0.2, 0.25) is 0 Å². The molecule has 0 saturated heterocycles. The largest absolute Gasteiger partial charge is 0.435 e. The zero-order chi connectivity index (χ0) is 12.5. The molecule has 1 heterocycles. The normalized spacial score (nSPS) is 12.1. The van der Waals surface area contributed by atoms with Gasteiger partial charge in [-0.05, 0) is 12.0 Å². The fourth-order valence-electron chi connectivity index (χ4n) is 1.26. The zero-order valence-corrected chi connectivity index (χ0v) is 8.97. The maximum absolute atomic E-state index is 12.4. The van der Waals surface area contributed by atoms with Crippen molar-refractivity contribution in [2.75, 3.05) is 0 Å². The van der Waals surface area contributed by atoms with E-state index in [1.54, 1.807) is 0 Å². The molecule has 16 heavy (non-hydrogen) atoms. The molecule has 0 aliphatic rings. The van der Waals surface area contributed by atoms with Crippen LogP contribution in [0, 0.1) is 11.3 Å². The maximum atomic E-state index is 12.4. The molecular formula is C9H13F3N4. The van der Waals surface area contributed by atoms with Gasteiger partial charge in [-0.1, -0.05) is 13.8 Å². The van der Waals surface area contributed by atoms with Crippen LogP contribution >= 0.6 is 0 Å². The summed E-state index contributed by atoms with van der Waals surface area (Å²) in [6, 6.07) is 0.796. The van der Waals surface area contributed by atoms with Crippen LogP contribution < -0.4 is 5.73 Å². The van der Waals surface area contributed by atoms with Crippen molar-refractivity contribution in [3.63, 3.8) is 0 Å². The van der Waals surface area contributed by atoms with Gasteiger partial charge in [0.25, 0.3) is 0 Å². The minimum Gasteiger partial charge on any atom is -0.382 e. The van der Waals surface area contributed by atoms with Crippen LogP contribution in [0.25, 0.3) is 0 Å². The molecule has 0 atom stereocenters. The quantitative estimate of drug-likeness (QED) is 0.619. The summed E-state index contributed by atoms with van der Waals surface area (Å²) in [7, 11) is 0. The number of hydrogen-bond acceptors (Lipinski definition) is 2. The Balaban J connectivity index is 3.15. The first kappa shape index (κ1) is 12.5. The van der Waals surface area contributed by atoms with Crippen LogP contribution in [0.15, 0.2) is 6.07 Å². The summed E-state index contributed by atoms with van der Waals surface area (Å²) in [6.07, 6.45) is -4.51. The average molecular weight is 234 g/mol. The molecule has 0 fully saturated rings. The first-order valence-corrected chi connectivity index (χ1v) is 4.71. The lowest BCUT2D eigenvalue weighted by Crippen LogP contribution is -2.19. The van der Waals surface area contributed by atoms with E-state index in [9.17, 15) is 13.2 Å². The van der Waals surface area contributed by atoms with E-state index in [1.165, 1.54) is 0 Å². The molecule has 7 heteroatoms. The van der Waals surface area contributed by atoms with Crippen molar-refractivity contribution in [1.29, 1.82) is 5.41 Å². The molecular weight excluding hydrogens is 221 g/mol. The van der Waals surface area contributed by atoms with E-state index in [-0.39, 0.29) is 11.6 Å². The lowest BCUT2D eigenvalue weighted by molar-refractivity contribution is -0.141. The standard InChI is InChI=1S/C9H13F3N4/c1-5(2)4-16-6(8(13)14)3-7(15-16)9(10,11)12/h3,5H,4H2,1-2H3,(H3,13,14). The number of halogens is 3. The molecule has 0 aliphatic carbocycles. The highest BCUT2D eigenvalue weighted by Gasteiger charge is 2.35. The second kappa shape index (κ2) is 4.15. The summed E-state index contributed by atoms with van der Waals surface area (Å²) in [6.45, 7) is 3.99. The SMILES string of the molecule is CC(C)Cn1nc(C(F)(F)F)cc1C(=N)N. The number of nitrogen functional groups attached to an aromatic ring is 1. The van der Waals surface area contributed by atoms with Gasteiger partial charge in [0.1, 0.15) is 11.5 Å². The van der Waals surface area contributed by atoms with E-state index in [1.807, 2.05) is 13.8 Å². The van der Waals surface area contributed by atoms with Crippen molar-refractivity contribution in [3.05, 3.63) is 17.5 Å². The van der Waals surface area contributed by atoms with Crippen molar-refractivity contribution in [1.82, 2.24) is 9.78 Å². The predicted octanol–water partition coefficient (Wildman–Crippen LogP) is 1.84. The number of nitrogens with two attached hydrogens (primary N) is 1. The number of rotatable bonds is 3. The van der Waals surface area contributed by atoms with E-state index in [0.29, 0.717) is 6.54 Å². The molecule has 0 saturated carbocycles. The fourth-order valence-corrected chi connectivity index (χ4v) is 1.26. The third-order valence-corrected chi connectivity index (χ3v) is 1.88. The molecule has 1 rings (SSSR count). The molecule has 0 bridgehead atoms. The van der Waals surface area contributed by atoms with E-state index in [0.717, 1.165) is 10.7 Å². The molecule has 1 aromatic heterocycles. The van der Waals surface area contributed by atoms with Crippen molar-refractivity contribution in [2.24, 2.45) is 11.7 Å². The molecule has 0 aliphatic heterocycles. The highest BCUT2D eigenvalue weighted by Crippen LogP contribution is 2.28. The Morgan fingerprint density at radius 2 is 2.12 bits per heavy atom. The van der Waals surface area contributed by atoms with Gasteiger partial charge in [-0.2, -0.15) is 18.3 Å². The van der Waals surface area contributed by atoms with Crippen LogP contribution in [0.5, 0.6) is 0 Å². The molecule has 0 aromatic carbocycles. The average Bonchev–Trinajstić information content (AvgIpc) is 2.45. The fraction of sp³-hybridized carbons (Fsp3) is 0.556. The van der Waals surface area contributed by atoms with E-state index in [4.69, 9.17) is 11.1 Å². The van der Waals surface area contributed by atoms with E-state index >= 15 is 0 Å². The number of alkyl halides is 3. The monoisotopic (exact) mass is 234 g/mol. The van der Waals surface area contributed by atoms with Crippen molar-refractivity contribution >= 4 is 5.84 Å². The van der Waals surface area contributed by atoms with Gasteiger partial charge in [0, 0.05) is 6.54 Å². The van der Waals surface area contributed by atoms with Gasteiger partial charge in [0.15, 0.2) is 5.69 Å². The van der Waals surface area contributed by atoms with Crippen molar-refractivity contribution in [2.45, 2.75) is 26.6 Å². The Hall–Kier alpha value is -1.53. The van der Waals surface area contributed by atoms with Crippen LogP contribution in [-0.2, 0) is 12.7 Å². The minimum atomic E-state index is -4.51. The van der Waals surface area contributed by atoms with Crippen molar-refractivity contribution < 1.29 is 13.2 Å². The molecule has 0 amide bonds. The van der Waals surface area contributed by atoms with Gasteiger partial charge in [0.2, 0.25) is 0 Å². The summed E-state index contributed by atoms with van der Waals surface area (Å²) in [5.74, 6) is -0.289. The van der Waals surface area contributed by atoms with E-state index < -0.39 is 17.7 Å². The summed E-state index contributed by atoms with van der Waals surface area (Å²) < 4.78 is 38.3. The number of amidine groups is 1. The van der Waals surface area contributed by atoms with Crippen LogP contribution in [0.1, 0.15) is 25.2 Å². The van der Waals surface area contributed by atoms with Gasteiger partial charge in [0.05, 0.1) is 0 Å². The second-order valence-corrected chi connectivity index (χ2v) is 3.90. The van der Waals surface area contributed by atoms with Gasteiger partial charge >= 0.3 is 6.18 Å². The lowest BCUT2D eigenvalue weighted by Gasteiger charge is -2.08. The molecule has 3 N–H and O–H groups in total.